The van der Waals surface area contributed by atoms with Crippen LogP contribution >= 0.6 is 39.1 Å². The van der Waals surface area contributed by atoms with Gasteiger partial charge in [0.25, 0.3) is 17.4 Å². The first-order valence-electron chi connectivity index (χ1n) is 16.9. The third-order valence-corrected chi connectivity index (χ3v) is 12.6. The Labute approximate surface area is 330 Å². The van der Waals surface area contributed by atoms with Gasteiger partial charge in [-0.2, -0.15) is 0 Å². The number of methoxy groups -OCH3 is 4. The highest BCUT2D eigenvalue weighted by Crippen LogP contribution is 2.61. The molecule has 0 bridgehead atoms. The van der Waals surface area contributed by atoms with Crippen LogP contribution in [-0.4, -0.2) is 88.9 Å². The van der Waals surface area contributed by atoms with Gasteiger partial charge < -0.3 is 28.6 Å². The molecule has 2 amide bonds. The highest BCUT2D eigenvalue weighted by atomic mass is 79.9. The Morgan fingerprint density at radius 2 is 1.56 bits per heavy atom. The van der Waals surface area contributed by atoms with Crippen LogP contribution in [0, 0.1) is 5.92 Å². The van der Waals surface area contributed by atoms with Crippen LogP contribution in [0.5, 0.6) is 28.7 Å². The third kappa shape index (κ3) is 5.52. The summed E-state index contributed by atoms with van der Waals surface area (Å²) in [6.45, 7) is -0.260. The van der Waals surface area contributed by atoms with E-state index in [1.54, 1.807) is 49.5 Å². The van der Waals surface area contributed by atoms with E-state index in [-0.39, 0.29) is 54.3 Å². The quantitative estimate of drug-likeness (QED) is 0.107. The highest BCUT2D eigenvalue weighted by Gasteiger charge is 2.74. The van der Waals surface area contributed by atoms with E-state index in [4.69, 9.17) is 42.1 Å². The topological polar surface area (TPSA) is 178 Å². The van der Waals surface area contributed by atoms with Gasteiger partial charge in [0, 0.05) is 44.5 Å². The number of imide groups is 1. The van der Waals surface area contributed by atoms with Crippen molar-refractivity contribution in [3.8, 4) is 28.7 Å². The maximum Gasteiger partial charge on any atom is 0.347 e. The van der Waals surface area contributed by atoms with E-state index in [9.17, 15) is 29.1 Å². The molecule has 1 N–H and O–H groups in total. The first-order valence-corrected chi connectivity index (χ1v) is 18.7. The molecule has 0 unspecified atom stereocenters. The summed E-state index contributed by atoms with van der Waals surface area (Å²) in [5, 5.41) is 10.4. The lowest BCUT2D eigenvalue weighted by molar-refractivity contribution is -0.138. The molecule has 0 radical (unpaired) electrons. The zero-order chi connectivity index (χ0) is 39.7. The van der Waals surface area contributed by atoms with Crippen molar-refractivity contribution in [1.29, 1.82) is 0 Å². The largest absolute Gasteiger partial charge is 0.502 e. The number of phenolic OH excluding ortho intramolecular Hbond substituents is 1. The Bertz CT molecular complexity index is 2520. The van der Waals surface area contributed by atoms with Crippen molar-refractivity contribution in [2.75, 3.05) is 33.9 Å². The van der Waals surface area contributed by atoms with Crippen LogP contribution in [-0.2, 0) is 36.1 Å². The second-order valence-corrected chi connectivity index (χ2v) is 15.0. The van der Waals surface area contributed by atoms with Crippen molar-refractivity contribution in [3.63, 3.8) is 0 Å². The number of carbonyl (C=O) groups is 2. The number of carbonyl (C=O) groups excluding carboxylic acids is 2. The fourth-order valence-electron chi connectivity index (χ4n) is 7.81. The predicted molar refractivity (Wildman–Crippen MR) is 205 cm³/mol. The molecule has 7 rings (SSSR count). The molecule has 55 heavy (non-hydrogen) atoms. The molecule has 2 aliphatic heterocycles. The van der Waals surface area contributed by atoms with Crippen molar-refractivity contribution in [1.82, 2.24) is 28.4 Å². The number of aromatic nitrogens is 5. The number of amides is 2. The number of phenols is 1. The monoisotopic (exact) mass is 860 g/mol. The molecule has 1 aliphatic carbocycles. The van der Waals surface area contributed by atoms with E-state index in [2.05, 4.69) is 20.9 Å². The Balaban J connectivity index is 1.30. The number of rotatable bonds is 10. The zero-order valence-corrected chi connectivity index (χ0v) is 33.3. The van der Waals surface area contributed by atoms with Crippen LogP contribution in [0.4, 0.5) is 0 Å². The summed E-state index contributed by atoms with van der Waals surface area (Å²) >= 11 is 17.7. The van der Waals surface area contributed by atoms with E-state index in [0.29, 0.717) is 33.7 Å². The molecule has 4 heterocycles. The minimum Gasteiger partial charge on any atom is -0.502 e. The minimum absolute atomic E-state index is 0.0661. The number of halogens is 3. The molecular weight excluding hydrogens is 827 g/mol. The molecule has 2 aromatic heterocycles. The number of hydrogen-bond donors (Lipinski definition) is 1. The highest BCUT2D eigenvalue weighted by molar-refractivity contribution is 9.09. The summed E-state index contributed by atoms with van der Waals surface area (Å²) in [5.41, 5.74) is 0.0768. The molecule has 0 spiro atoms. The van der Waals surface area contributed by atoms with Gasteiger partial charge in [0.15, 0.2) is 32.7 Å². The SMILES string of the molecule is COc1cc2nc(CCn3c(=O)n4n(c3=O)[C@@H]3C[C@@]5(Cl)C(=O)N(CBr)C(=O)[C@@]5(Cl)[C@@H](C=Cc5cc(OC)c(O)c(OC)c5)C3=CC4)c(=O)n(C)c2cc1OC. The van der Waals surface area contributed by atoms with Gasteiger partial charge in [0.1, 0.15) is 5.69 Å². The van der Waals surface area contributed by atoms with E-state index in [0.717, 1.165) is 9.47 Å². The Hall–Kier alpha value is -5.00. The first kappa shape index (κ1) is 38.3. The average molecular weight is 863 g/mol. The van der Waals surface area contributed by atoms with Gasteiger partial charge in [-0.1, -0.05) is 34.2 Å². The minimum atomic E-state index is -2.04. The number of likely N-dealkylation sites (tertiary alicyclic amines) is 1. The van der Waals surface area contributed by atoms with Crippen LogP contribution < -0.4 is 35.9 Å². The van der Waals surface area contributed by atoms with Crippen LogP contribution in [0.25, 0.3) is 17.1 Å². The van der Waals surface area contributed by atoms with Gasteiger partial charge in [-0.25, -0.2) is 28.5 Å². The number of aryl methyl sites for hydroxylation is 2. The van der Waals surface area contributed by atoms with Crippen molar-refractivity contribution in [2.24, 2.45) is 13.0 Å². The van der Waals surface area contributed by atoms with Crippen LogP contribution in [0.1, 0.15) is 23.7 Å². The molecule has 4 aromatic rings. The molecular formula is C36H35BrCl2N6O10. The molecule has 290 valence electrons. The normalized spacial score (nSPS) is 23.1. The lowest BCUT2D eigenvalue weighted by Crippen LogP contribution is -2.60. The van der Waals surface area contributed by atoms with Crippen molar-refractivity contribution in [3.05, 3.63) is 84.6 Å². The van der Waals surface area contributed by atoms with Gasteiger partial charge in [-0.3, -0.25) is 19.3 Å². The summed E-state index contributed by atoms with van der Waals surface area (Å²) in [4.78, 5) is 70.8. The second kappa shape index (κ2) is 13.9. The number of ether oxygens (including phenoxy) is 4. The predicted octanol–water partition coefficient (Wildman–Crippen LogP) is 2.93. The summed E-state index contributed by atoms with van der Waals surface area (Å²) in [5.74, 6) is -1.69. The number of alkyl halides is 3. The number of benzene rings is 2. The molecule has 2 fully saturated rings. The zero-order valence-electron chi connectivity index (χ0n) is 30.2. The number of aromatic hydroxyl groups is 1. The number of hydrogen-bond acceptors (Lipinski definition) is 11. The molecule has 1 saturated heterocycles. The second-order valence-electron chi connectivity index (χ2n) is 13.2. The summed E-state index contributed by atoms with van der Waals surface area (Å²) in [6.07, 6.45) is 4.58. The van der Waals surface area contributed by atoms with Gasteiger partial charge in [0.05, 0.1) is 57.5 Å². The van der Waals surface area contributed by atoms with Crippen LogP contribution in [0.2, 0.25) is 0 Å². The van der Waals surface area contributed by atoms with Crippen LogP contribution in [0.3, 0.4) is 0 Å². The Kier molecular flexibility index (Phi) is 9.70. The first-order chi connectivity index (χ1) is 26.2. The van der Waals surface area contributed by atoms with Gasteiger partial charge in [-0.15, -0.1) is 23.2 Å². The fraction of sp³-hybridized carbons (Fsp3) is 0.389. The average Bonchev–Trinajstić information content (AvgIpc) is 3.51. The van der Waals surface area contributed by atoms with Crippen molar-refractivity contribution >= 4 is 68.1 Å². The Morgan fingerprint density at radius 1 is 0.927 bits per heavy atom. The number of nitrogens with zero attached hydrogens (tertiary/aromatic N) is 6. The maximum atomic E-state index is 14.3. The van der Waals surface area contributed by atoms with Crippen molar-refractivity contribution < 1.29 is 33.6 Å². The summed E-state index contributed by atoms with van der Waals surface area (Å²) in [7, 11) is 7.30. The smallest absolute Gasteiger partial charge is 0.347 e. The van der Waals surface area contributed by atoms with E-state index >= 15 is 0 Å². The van der Waals surface area contributed by atoms with Gasteiger partial charge >= 0.3 is 11.4 Å². The lowest BCUT2D eigenvalue weighted by atomic mass is 9.66. The lowest BCUT2D eigenvalue weighted by Gasteiger charge is -2.47. The number of allylic oxidation sites excluding steroid dienone is 3. The Morgan fingerprint density at radius 3 is 2.18 bits per heavy atom. The van der Waals surface area contributed by atoms with Gasteiger partial charge in [0.2, 0.25) is 5.75 Å². The summed E-state index contributed by atoms with van der Waals surface area (Å²) < 4.78 is 26.3. The molecule has 1 saturated carbocycles. The third-order valence-electron chi connectivity index (χ3n) is 10.6. The van der Waals surface area contributed by atoms with Gasteiger partial charge in [-0.05, 0) is 23.3 Å². The van der Waals surface area contributed by atoms with E-state index in [1.807, 2.05) is 0 Å². The maximum absolute atomic E-state index is 14.3. The van der Waals surface area contributed by atoms with Crippen molar-refractivity contribution in [2.45, 2.75) is 41.7 Å². The molecule has 4 atom stereocenters. The molecule has 3 aliphatic rings. The molecule has 16 nitrogen and oxygen atoms in total. The fourth-order valence-corrected chi connectivity index (χ4v) is 9.17. The van der Waals surface area contributed by atoms with Crippen LogP contribution in [0.15, 0.2) is 56.4 Å². The number of fused-ring (bicyclic) bond motifs is 5. The van der Waals surface area contributed by atoms with E-state index in [1.165, 1.54) is 42.4 Å². The molecule has 19 heteroatoms. The standard InChI is InChI=1S/C36H35BrCl2N6O10/c1-41-23-15-26(53-3)25(52-2)14-22(23)40-21(30(41)47)9-10-42-33(50)44-11-8-19-20(7-6-18-12-27(54-4)29(46)28(13-18)55-5)36(39)32(49)43(17-37)31(48)35(36,38)16-24(19)45(44)34(42)51/h6-8,12-15,20,24,46H,9-11,16-17H2,1-5H3/t20-,24+,35+,36-/m0/s1. The summed E-state index contributed by atoms with van der Waals surface area (Å²) in [6, 6.07) is 5.38. The molecule has 2 aromatic carbocycles. The van der Waals surface area contributed by atoms with E-state index < -0.39 is 50.5 Å².